The van der Waals surface area contributed by atoms with Gasteiger partial charge in [0.2, 0.25) is 0 Å². The third kappa shape index (κ3) is 6.45. The highest BCUT2D eigenvalue weighted by Crippen LogP contribution is 2.15. The summed E-state index contributed by atoms with van der Waals surface area (Å²) >= 11 is 5.79. The van der Waals surface area contributed by atoms with Crippen molar-refractivity contribution in [2.45, 2.75) is 52.8 Å². The minimum absolute atomic E-state index is 0.0463. The van der Waals surface area contributed by atoms with Gasteiger partial charge in [0.15, 0.2) is 5.78 Å². The van der Waals surface area contributed by atoms with Gasteiger partial charge in [0.1, 0.15) is 0 Å². The zero-order valence-corrected chi connectivity index (χ0v) is 15.9. The van der Waals surface area contributed by atoms with Crippen LogP contribution in [0.25, 0.3) is 0 Å². The second-order valence-corrected chi connectivity index (χ2v) is 6.36. The molecule has 1 unspecified atom stereocenters. The Morgan fingerprint density at radius 1 is 1.04 bits per heavy atom. The summed E-state index contributed by atoms with van der Waals surface area (Å²) in [6.07, 6.45) is 6.36. The maximum Gasteiger partial charge on any atom is 0.167 e. The van der Waals surface area contributed by atoms with Crippen molar-refractivity contribution >= 4 is 17.4 Å². The van der Waals surface area contributed by atoms with E-state index in [0.29, 0.717) is 11.4 Å². The summed E-state index contributed by atoms with van der Waals surface area (Å²) in [5, 5.41) is 0. The van der Waals surface area contributed by atoms with Gasteiger partial charge >= 0.3 is 0 Å². The third-order valence-electron chi connectivity index (χ3n) is 3.72. The van der Waals surface area contributed by atoms with Crippen molar-refractivity contribution in [1.82, 2.24) is 4.98 Å². The highest BCUT2D eigenvalue weighted by Gasteiger charge is 2.14. The van der Waals surface area contributed by atoms with Gasteiger partial charge in [-0.15, -0.1) is 11.6 Å². The zero-order chi connectivity index (χ0) is 17.9. The second kappa shape index (κ2) is 11.0. The van der Waals surface area contributed by atoms with E-state index in [1.54, 1.807) is 6.20 Å². The molecule has 2 rings (SSSR count). The van der Waals surface area contributed by atoms with E-state index in [9.17, 15) is 4.79 Å². The van der Waals surface area contributed by atoms with Crippen LogP contribution in [0.3, 0.4) is 0 Å². The predicted molar refractivity (Wildman–Crippen MR) is 103 cm³/mol. The minimum atomic E-state index is 0.0463. The molecule has 24 heavy (non-hydrogen) atoms. The first-order chi connectivity index (χ1) is 11.5. The number of ketones is 1. The first-order valence-electron chi connectivity index (χ1n) is 8.67. The van der Waals surface area contributed by atoms with Gasteiger partial charge in [-0.05, 0) is 35.6 Å². The van der Waals surface area contributed by atoms with Crippen molar-refractivity contribution in [2.24, 2.45) is 5.92 Å². The lowest BCUT2D eigenvalue weighted by atomic mass is 9.96. The number of aromatic nitrogens is 1. The molecule has 2 nitrogen and oxygen atoms in total. The first kappa shape index (κ1) is 20.4. The number of hydrogen-bond acceptors (Lipinski definition) is 2. The number of alkyl halides is 1. The van der Waals surface area contributed by atoms with Crippen molar-refractivity contribution in [2.75, 3.05) is 0 Å². The fourth-order valence-electron chi connectivity index (χ4n) is 2.17. The number of rotatable bonds is 6. The lowest BCUT2D eigenvalue weighted by Crippen LogP contribution is -2.11. The number of halogens is 1. The van der Waals surface area contributed by atoms with E-state index in [0.717, 1.165) is 24.0 Å². The molecule has 2 aromatic rings. The van der Waals surface area contributed by atoms with E-state index in [2.05, 4.69) is 31.0 Å². The van der Waals surface area contributed by atoms with E-state index < -0.39 is 0 Å². The van der Waals surface area contributed by atoms with Gasteiger partial charge in [-0.3, -0.25) is 9.78 Å². The number of pyridine rings is 1. The Hall–Kier alpha value is -1.67. The van der Waals surface area contributed by atoms with E-state index in [4.69, 9.17) is 11.6 Å². The summed E-state index contributed by atoms with van der Waals surface area (Å²) in [6.45, 7) is 8.23. The van der Waals surface area contributed by atoms with E-state index in [1.807, 2.05) is 38.2 Å². The Morgan fingerprint density at radius 3 is 2.17 bits per heavy atom. The molecule has 3 heteroatoms. The second-order valence-electron chi connectivity index (χ2n) is 6.09. The number of carbonyl (C=O) groups is 1. The summed E-state index contributed by atoms with van der Waals surface area (Å²) in [5.74, 6) is 0.746. The fraction of sp³-hybridized carbons (Fsp3) is 0.429. The van der Waals surface area contributed by atoms with Gasteiger partial charge in [0, 0.05) is 29.8 Å². The number of hydrogen-bond donors (Lipinski definition) is 0. The third-order valence-corrected chi connectivity index (χ3v) is 4.03. The Balaban J connectivity index is 0.000000891. The average molecular weight is 346 g/mol. The standard InChI is InChI=1S/C18H20ClNO.C3H8/c1-3-13(2)18(21)17-9-16(11-20-12-17)8-14-4-6-15(10-19)7-5-14;1-3-2/h4-7,9,11-13H,3,8,10H2,1-2H3;3H2,1-2H3. The molecule has 1 atom stereocenters. The van der Waals surface area contributed by atoms with Crippen molar-refractivity contribution in [3.8, 4) is 0 Å². The fourth-order valence-corrected chi connectivity index (χ4v) is 2.35. The summed E-state index contributed by atoms with van der Waals surface area (Å²) in [4.78, 5) is 16.4. The molecular formula is C21H28ClNO. The molecule has 0 fully saturated rings. The van der Waals surface area contributed by atoms with Crippen LogP contribution in [0.15, 0.2) is 42.7 Å². The van der Waals surface area contributed by atoms with Crippen LogP contribution in [0.4, 0.5) is 0 Å². The minimum Gasteiger partial charge on any atom is -0.294 e. The van der Waals surface area contributed by atoms with Crippen LogP contribution in [-0.2, 0) is 12.3 Å². The summed E-state index contributed by atoms with van der Waals surface area (Å²) in [5.41, 5.74) is 4.07. The van der Waals surface area contributed by atoms with Crippen molar-refractivity contribution in [1.29, 1.82) is 0 Å². The average Bonchev–Trinajstić information content (AvgIpc) is 2.62. The molecule has 0 aliphatic heterocycles. The smallest absolute Gasteiger partial charge is 0.167 e. The molecule has 0 spiro atoms. The SMILES string of the molecule is CCC.CCC(C)C(=O)c1cncc(Cc2ccc(CCl)cc2)c1. The predicted octanol–water partition coefficient (Wildman–Crippen LogP) is 6.06. The number of carbonyl (C=O) groups excluding carboxylic acids is 1. The number of benzene rings is 1. The summed E-state index contributed by atoms with van der Waals surface area (Å²) in [7, 11) is 0. The first-order valence-corrected chi connectivity index (χ1v) is 9.20. The molecule has 0 aliphatic carbocycles. The van der Waals surface area contributed by atoms with Crippen molar-refractivity contribution in [3.63, 3.8) is 0 Å². The number of nitrogens with zero attached hydrogens (tertiary/aromatic N) is 1. The Morgan fingerprint density at radius 2 is 1.62 bits per heavy atom. The molecule has 0 radical (unpaired) electrons. The largest absolute Gasteiger partial charge is 0.294 e. The van der Waals surface area contributed by atoms with Crippen molar-refractivity contribution in [3.05, 3.63) is 65.0 Å². The Kier molecular flexibility index (Phi) is 9.33. The molecular weight excluding hydrogens is 318 g/mol. The van der Waals surface area contributed by atoms with Crippen LogP contribution in [-0.4, -0.2) is 10.8 Å². The van der Waals surface area contributed by atoms with Gasteiger partial charge in [-0.2, -0.15) is 0 Å². The summed E-state index contributed by atoms with van der Waals surface area (Å²) in [6, 6.07) is 10.2. The van der Waals surface area contributed by atoms with Crippen LogP contribution in [0.1, 0.15) is 67.6 Å². The number of Topliss-reactive ketones (excluding diaryl/α,β-unsaturated/α-hetero) is 1. The van der Waals surface area contributed by atoms with Gasteiger partial charge in [-0.1, -0.05) is 58.4 Å². The quantitative estimate of drug-likeness (QED) is 0.470. The molecule has 1 aromatic heterocycles. The Bertz CT molecular complexity index is 622. The van der Waals surface area contributed by atoms with Crippen LogP contribution >= 0.6 is 11.6 Å². The monoisotopic (exact) mass is 345 g/mol. The lowest BCUT2D eigenvalue weighted by Gasteiger charge is -2.09. The van der Waals surface area contributed by atoms with Crippen LogP contribution < -0.4 is 0 Å². The lowest BCUT2D eigenvalue weighted by molar-refractivity contribution is 0.0927. The topological polar surface area (TPSA) is 30.0 Å². The van der Waals surface area contributed by atoms with Crippen LogP contribution in [0.5, 0.6) is 0 Å². The van der Waals surface area contributed by atoms with Gasteiger partial charge < -0.3 is 0 Å². The van der Waals surface area contributed by atoms with E-state index >= 15 is 0 Å². The van der Waals surface area contributed by atoms with Gasteiger partial charge in [-0.25, -0.2) is 0 Å². The molecule has 0 aliphatic rings. The molecule has 0 amide bonds. The van der Waals surface area contributed by atoms with Crippen LogP contribution in [0.2, 0.25) is 0 Å². The van der Waals surface area contributed by atoms with Crippen molar-refractivity contribution < 1.29 is 4.79 Å². The van der Waals surface area contributed by atoms with Crippen LogP contribution in [0, 0.1) is 5.92 Å². The maximum atomic E-state index is 12.2. The molecule has 1 heterocycles. The molecule has 0 saturated carbocycles. The molecule has 0 saturated heterocycles. The Labute approximate surface area is 151 Å². The van der Waals surface area contributed by atoms with E-state index in [-0.39, 0.29) is 11.7 Å². The highest BCUT2D eigenvalue weighted by atomic mass is 35.5. The normalized spacial score (nSPS) is 11.4. The molecule has 1 aromatic carbocycles. The molecule has 0 bridgehead atoms. The van der Waals surface area contributed by atoms with E-state index in [1.165, 1.54) is 12.0 Å². The molecule has 0 N–H and O–H groups in total. The summed E-state index contributed by atoms with van der Waals surface area (Å²) < 4.78 is 0. The maximum absolute atomic E-state index is 12.2. The van der Waals surface area contributed by atoms with Gasteiger partial charge in [0.25, 0.3) is 0 Å². The molecule has 130 valence electrons. The van der Waals surface area contributed by atoms with Gasteiger partial charge in [0.05, 0.1) is 0 Å². The highest BCUT2D eigenvalue weighted by molar-refractivity contribution is 6.17. The zero-order valence-electron chi connectivity index (χ0n) is 15.2.